The van der Waals surface area contributed by atoms with E-state index in [4.69, 9.17) is 4.74 Å². The molecule has 1 N–H and O–H groups in total. The third kappa shape index (κ3) is 3.21. The average Bonchev–Trinajstić information content (AvgIpc) is 2.42. The molecule has 0 bridgehead atoms. The lowest BCUT2D eigenvalue weighted by molar-refractivity contribution is -0.125. The summed E-state index contributed by atoms with van der Waals surface area (Å²) in [4.78, 5) is 29.0. The van der Waals surface area contributed by atoms with Crippen molar-refractivity contribution in [3.05, 3.63) is 18.3 Å². The van der Waals surface area contributed by atoms with E-state index in [2.05, 4.69) is 17.2 Å². The summed E-state index contributed by atoms with van der Waals surface area (Å²) >= 11 is 0. The van der Waals surface area contributed by atoms with Crippen molar-refractivity contribution in [2.75, 3.05) is 24.6 Å². The predicted octanol–water partition coefficient (Wildman–Crippen LogP) is 0.723. The van der Waals surface area contributed by atoms with Gasteiger partial charge < -0.3 is 10.1 Å². The van der Waals surface area contributed by atoms with Gasteiger partial charge in [0.05, 0.1) is 0 Å². The topological polar surface area (TPSA) is 71.5 Å². The number of carbonyl (C=O) groups is 2. The van der Waals surface area contributed by atoms with E-state index in [9.17, 15) is 9.59 Å². The number of ether oxygens (including phenoxy) is 1. The minimum Gasteiger partial charge on any atom is -0.480 e. The molecule has 19 heavy (non-hydrogen) atoms. The summed E-state index contributed by atoms with van der Waals surface area (Å²) in [6.07, 6.45) is 3.52. The summed E-state index contributed by atoms with van der Waals surface area (Å²) < 4.78 is 5.26. The fourth-order valence-corrected chi connectivity index (χ4v) is 1.80. The number of hydrogen-bond donors (Lipinski definition) is 1. The zero-order valence-corrected chi connectivity index (χ0v) is 10.9. The van der Waals surface area contributed by atoms with E-state index in [0.717, 1.165) is 12.8 Å². The summed E-state index contributed by atoms with van der Waals surface area (Å²) in [5.41, 5.74) is 0. The molecule has 0 radical (unpaired) electrons. The maximum Gasteiger partial charge on any atom is 0.266 e. The second-order valence-corrected chi connectivity index (χ2v) is 4.30. The van der Waals surface area contributed by atoms with Gasteiger partial charge in [0.25, 0.3) is 5.91 Å². The predicted molar refractivity (Wildman–Crippen MR) is 70.0 cm³/mol. The average molecular weight is 263 g/mol. The Kier molecular flexibility index (Phi) is 4.33. The van der Waals surface area contributed by atoms with Crippen LogP contribution in [0.4, 0.5) is 5.82 Å². The number of nitrogens with one attached hydrogen (secondary N) is 1. The molecule has 102 valence electrons. The first-order valence-corrected chi connectivity index (χ1v) is 6.37. The molecule has 1 aliphatic heterocycles. The molecule has 0 saturated heterocycles. The molecule has 6 heteroatoms. The highest BCUT2D eigenvalue weighted by molar-refractivity contribution is 6.01. The molecule has 0 atom stereocenters. The SMILES string of the molecule is CCCCNC(=O)CN1C(=O)COc2cccnc21. The molecule has 2 amide bonds. The molecule has 1 aromatic heterocycles. The molecule has 0 unspecified atom stereocenters. The minimum atomic E-state index is -0.253. The first-order valence-electron chi connectivity index (χ1n) is 6.37. The lowest BCUT2D eigenvalue weighted by Crippen LogP contribution is -2.45. The fraction of sp³-hybridized carbons (Fsp3) is 0.462. The Bertz CT molecular complexity index is 476. The summed E-state index contributed by atoms with van der Waals surface area (Å²) in [6.45, 7) is 2.61. The van der Waals surface area contributed by atoms with Crippen LogP contribution in [0.2, 0.25) is 0 Å². The third-order valence-corrected chi connectivity index (χ3v) is 2.81. The second-order valence-electron chi connectivity index (χ2n) is 4.30. The van der Waals surface area contributed by atoms with Crippen molar-refractivity contribution in [2.24, 2.45) is 0 Å². The van der Waals surface area contributed by atoms with Crippen LogP contribution in [0.5, 0.6) is 5.75 Å². The number of carbonyl (C=O) groups excluding carboxylic acids is 2. The molecule has 1 aromatic rings. The van der Waals surface area contributed by atoms with E-state index in [-0.39, 0.29) is 25.0 Å². The second kappa shape index (κ2) is 6.17. The number of unbranched alkanes of at least 4 members (excludes halogenated alkanes) is 1. The van der Waals surface area contributed by atoms with Crippen LogP contribution in [-0.4, -0.2) is 36.5 Å². The third-order valence-electron chi connectivity index (χ3n) is 2.81. The number of nitrogens with zero attached hydrogens (tertiary/aromatic N) is 2. The molecular formula is C13H17N3O3. The van der Waals surface area contributed by atoms with Crippen LogP contribution >= 0.6 is 0 Å². The molecule has 2 heterocycles. The molecule has 0 aromatic carbocycles. The minimum absolute atomic E-state index is 0.0179. The first kappa shape index (κ1) is 13.3. The van der Waals surface area contributed by atoms with Gasteiger partial charge in [-0.25, -0.2) is 4.98 Å². The Labute approximate surface area is 111 Å². The van der Waals surface area contributed by atoms with Crippen molar-refractivity contribution in [3.8, 4) is 5.75 Å². The number of aromatic nitrogens is 1. The van der Waals surface area contributed by atoms with E-state index in [1.54, 1.807) is 18.3 Å². The molecule has 0 aliphatic carbocycles. The zero-order valence-electron chi connectivity index (χ0n) is 10.9. The highest BCUT2D eigenvalue weighted by Crippen LogP contribution is 2.28. The molecule has 1 aliphatic rings. The van der Waals surface area contributed by atoms with Crippen molar-refractivity contribution < 1.29 is 14.3 Å². The van der Waals surface area contributed by atoms with E-state index >= 15 is 0 Å². The van der Waals surface area contributed by atoms with Gasteiger partial charge in [0.2, 0.25) is 5.91 Å². The molecule has 6 nitrogen and oxygen atoms in total. The van der Waals surface area contributed by atoms with E-state index < -0.39 is 0 Å². The number of rotatable bonds is 5. The van der Waals surface area contributed by atoms with Gasteiger partial charge in [0, 0.05) is 12.7 Å². The monoisotopic (exact) mass is 263 g/mol. The molecule has 0 saturated carbocycles. The first-order chi connectivity index (χ1) is 9.22. The van der Waals surface area contributed by atoms with Gasteiger partial charge in [-0.2, -0.15) is 0 Å². The number of pyridine rings is 1. The molecule has 0 fully saturated rings. The smallest absolute Gasteiger partial charge is 0.266 e. The fourth-order valence-electron chi connectivity index (χ4n) is 1.80. The lowest BCUT2D eigenvalue weighted by atomic mass is 10.3. The van der Waals surface area contributed by atoms with Crippen molar-refractivity contribution in [1.82, 2.24) is 10.3 Å². The van der Waals surface area contributed by atoms with Gasteiger partial charge in [0.15, 0.2) is 18.2 Å². The number of amides is 2. The molecule has 0 spiro atoms. The number of hydrogen-bond acceptors (Lipinski definition) is 4. The van der Waals surface area contributed by atoms with Crippen LogP contribution in [0.1, 0.15) is 19.8 Å². The van der Waals surface area contributed by atoms with E-state index in [1.807, 2.05) is 0 Å². The summed E-state index contributed by atoms with van der Waals surface area (Å²) in [5, 5.41) is 2.78. The Hall–Kier alpha value is -2.11. The molecule has 2 rings (SSSR count). The highest BCUT2D eigenvalue weighted by atomic mass is 16.5. The van der Waals surface area contributed by atoms with Crippen molar-refractivity contribution in [3.63, 3.8) is 0 Å². The standard InChI is InChI=1S/C13H17N3O3/c1-2-3-6-14-11(17)8-16-12(18)9-19-10-5-4-7-15-13(10)16/h4-5,7H,2-3,6,8-9H2,1H3,(H,14,17). The van der Waals surface area contributed by atoms with Gasteiger partial charge in [-0.3, -0.25) is 14.5 Å². The van der Waals surface area contributed by atoms with Gasteiger partial charge in [0.1, 0.15) is 6.54 Å². The van der Waals surface area contributed by atoms with E-state index in [1.165, 1.54) is 4.90 Å². The van der Waals surface area contributed by atoms with Crippen molar-refractivity contribution in [2.45, 2.75) is 19.8 Å². The Balaban J connectivity index is 2.03. The normalized spacial score (nSPS) is 13.7. The Morgan fingerprint density at radius 1 is 1.58 bits per heavy atom. The largest absolute Gasteiger partial charge is 0.480 e. The van der Waals surface area contributed by atoms with Crippen LogP contribution < -0.4 is 15.0 Å². The Morgan fingerprint density at radius 2 is 2.42 bits per heavy atom. The van der Waals surface area contributed by atoms with Gasteiger partial charge in [-0.05, 0) is 18.6 Å². The number of anilines is 1. The van der Waals surface area contributed by atoms with Crippen molar-refractivity contribution >= 4 is 17.6 Å². The Morgan fingerprint density at radius 3 is 3.21 bits per heavy atom. The molecular weight excluding hydrogens is 246 g/mol. The van der Waals surface area contributed by atoms with Crippen LogP contribution in [0.3, 0.4) is 0 Å². The number of fused-ring (bicyclic) bond motifs is 1. The van der Waals surface area contributed by atoms with Crippen LogP contribution in [0, 0.1) is 0 Å². The van der Waals surface area contributed by atoms with Crippen molar-refractivity contribution in [1.29, 1.82) is 0 Å². The van der Waals surface area contributed by atoms with Gasteiger partial charge in [-0.1, -0.05) is 13.3 Å². The van der Waals surface area contributed by atoms with E-state index in [0.29, 0.717) is 18.1 Å². The van der Waals surface area contributed by atoms with Crippen LogP contribution in [-0.2, 0) is 9.59 Å². The quantitative estimate of drug-likeness (QED) is 0.795. The highest BCUT2D eigenvalue weighted by Gasteiger charge is 2.28. The summed E-state index contributed by atoms with van der Waals surface area (Å²) in [5.74, 6) is 0.505. The maximum atomic E-state index is 11.8. The maximum absolute atomic E-state index is 11.8. The lowest BCUT2D eigenvalue weighted by Gasteiger charge is -2.27. The van der Waals surface area contributed by atoms with Gasteiger partial charge >= 0.3 is 0 Å². The van der Waals surface area contributed by atoms with Gasteiger partial charge in [-0.15, -0.1) is 0 Å². The van der Waals surface area contributed by atoms with Crippen LogP contribution in [0.15, 0.2) is 18.3 Å². The van der Waals surface area contributed by atoms with Crippen LogP contribution in [0.25, 0.3) is 0 Å². The summed E-state index contributed by atoms with van der Waals surface area (Å²) in [6, 6.07) is 3.46. The summed E-state index contributed by atoms with van der Waals surface area (Å²) in [7, 11) is 0. The zero-order chi connectivity index (χ0) is 13.7.